The Hall–Kier alpha value is -2.62. The molecule has 0 unspecified atom stereocenters. The number of rotatable bonds is 5. The minimum Gasteiger partial charge on any atom is -0.390 e. The first-order chi connectivity index (χ1) is 9.56. The van der Waals surface area contributed by atoms with Gasteiger partial charge in [-0.25, -0.2) is 5.43 Å². The molecule has 2 rings (SSSR count). The van der Waals surface area contributed by atoms with Gasteiger partial charge in [-0.15, -0.1) is 11.3 Å². The van der Waals surface area contributed by atoms with E-state index in [1.54, 1.807) is 24.4 Å². The van der Waals surface area contributed by atoms with Crippen LogP contribution in [-0.4, -0.2) is 31.3 Å². The van der Waals surface area contributed by atoms with Gasteiger partial charge in [0.25, 0.3) is 5.91 Å². The van der Waals surface area contributed by atoms with Crippen LogP contribution in [0, 0.1) is 10.1 Å². The average Bonchev–Trinajstić information content (AvgIpc) is 3.06. The summed E-state index contributed by atoms with van der Waals surface area (Å²) in [4.78, 5) is 25.4. The molecule has 0 fully saturated rings. The zero-order valence-corrected chi connectivity index (χ0v) is 11.2. The second kappa shape index (κ2) is 6.02. The van der Waals surface area contributed by atoms with Gasteiger partial charge in [0, 0.05) is 5.10 Å². The molecule has 9 nitrogen and oxygen atoms in total. The third kappa shape index (κ3) is 3.45. The summed E-state index contributed by atoms with van der Waals surface area (Å²) in [6.45, 7) is 1.87. The average molecular weight is 294 g/mol. The van der Waals surface area contributed by atoms with Gasteiger partial charge in [-0.05, 0) is 23.3 Å². The Kier molecular flexibility index (Phi) is 4.15. The van der Waals surface area contributed by atoms with Crippen LogP contribution in [0.4, 0.5) is 5.95 Å². The highest BCUT2D eigenvalue weighted by molar-refractivity contribution is 7.12. The van der Waals surface area contributed by atoms with Gasteiger partial charge < -0.3 is 10.1 Å². The fraction of sp³-hybridized carbons (Fsp3) is 0.200. The summed E-state index contributed by atoms with van der Waals surface area (Å²) >= 11 is 1.31. The number of nitrogens with one attached hydrogen (secondary N) is 1. The van der Waals surface area contributed by atoms with E-state index in [0.29, 0.717) is 10.6 Å². The quantitative estimate of drug-likeness (QED) is 0.503. The summed E-state index contributed by atoms with van der Waals surface area (Å²) in [5, 5.41) is 19.8. The lowest BCUT2D eigenvalue weighted by molar-refractivity contribution is -0.394. The molecular weight excluding hydrogens is 284 g/mol. The molecule has 0 radical (unpaired) electrons. The molecule has 10 heteroatoms. The molecule has 2 heterocycles. The Morgan fingerprint density at radius 3 is 3.05 bits per heavy atom. The summed E-state index contributed by atoms with van der Waals surface area (Å²) in [6, 6.07) is 3.45. The first kappa shape index (κ1) is 13.8. The van der Waals surface area contributed by atoms with Crippen molar-refractivity contribution in [1.29, 1.82) is 0 Å². The van der Waals surface area contributed by atoms with Crippen molar-refractivity contribution in [2.75, 3.05) is 0 Å². The normalized spacial score (nSPS) is 11.3. The van der Waals surface area contributed by atoms with Crippen LogP contribution in [0.1, 0.15) is 16.6 Å². The summed E-state index contributed by atoms with van der Waals surface area (Å²) in [5.74, 6) is -0.774. The highest BCUT2D eigenvalue weighted by Gasteiger charge is 2.13. The Labute approximate surface area is 117 Å². The van der Waals surface area contributed by atoms with E-state index in [-0.39, 0.29) is 12.5 Å². The van der Waals surface area contributed by atoms with Gasteiger partial charge in [-0.2, -0.15) is 9.78 Å². The molecule has 0 atom stereocenters. The molecule has 0 aliphatic carbocycles. The van der Waals surface area contributed by atoms with E-state index >= 15 is 0 Å². The Bertz CT molecular complexity index is 648. The first-order valence-corrected chi connectivity index (χ1v) is 6.35. The van der Waals surface area contributed by atoms with E-state index in [1.807, 2.05) is 0 Å². The van der Waals surface area contributed by atoms with E-state index < -0.39 is 10.9 Å². The second-order valence-corrected chi connectivity index (χ2v) is 4.71. The van der Waals surface area contributed by atoms with Crippen molar-refractivity contribution in [2.45, 2.75) is 13.5 Å². The third-order valence-corrected chi connectivity index (χ3v) is 3.04. The van der Waals surface area contributed by atoms with Gasteiger partial charge in [0.1, 0.15) is 0 Å². The van der Waals surface area contributed by atoms with Crippen LogP contribution >= 0.6 is 11.3 Å². The number of aromatic nitrogens is 3. The van der Waals surface area contributed by atoms with Crippen molar-refractivity contribution in [3.05, 3.63) is 38.8 Å². The van der Waals surface area contributed by atoms with Crippen LogP contribution in [0.2, 0.25) is 0 Å². The minimum atomic E-state index is -0.679. The van der Waals surface area contributed by atoms with Crippen molar-refractivity contribution in [1.82, 2.24) is 20.2 Å². The molecule has 104 valence electrons. The largest absolute Gasteiger partial charge is 0.490 e. The molecular formula is C10H10N6O3S. The monoisotopic (exact) mass is 294 g/mol. The van der Waals surface area contributed by atoms with Crippen LogP contribution in [0.25, 0.3) is 0 Å². The van der Waals surface area contributed by atoms with Gasteiger partial charge in [0.15, 0.2) is 0 Å². The van der Waals surface area contributed by atoms with Crippen LogP contribution in [0.3, 0.4) is 0 Å². The Balaban J connectivity index is 1.93. The molecule has 0 aliphatic heterocycles. The predicted octanol–water partition coefficient (Wildman–Crippen LogP) is 1.05. The van der Waals surface area contributed by atoms with Gasteiger partial charge in [0.05, 0.1) is 17.1 Å². The number of thiophene rings is 1. The molecule has 0 spiro atoms. The molecule has 0 saturated heterocycles. The number of carbonyl (C=O) groups excluding carboxylic acids is 1. The Morgan fingerprint density at radius 1 is 1.65 bits per heavy atom. The van der Waals surface area contributed by atoms with Crippen LogP contribution in [-0.2, 0) is 6.54 Å². The molecule has 0 aromatic carbocycles. The van der Waals surface area contributed by atoms with E-state index in [4.69, 9.17) is 0 Å². The Morgan fingerprint density at radius 2 is 2.45 bits per heavy atom. The van der Waals surface area contributed by atoms with E-state index in [0.717, 1.165) is 0 Å². The third-order valence-electron chi connectivity index (χ3n) is 2.17. The van der Waals surface area contributed by atoms with E-state index in [1.165, 1.54) is 22.3 Å². The molecule has 1 amide bonds. The minimum absolute atomic E-state index is 0.200. The number of hydrazone groups is 1. The first-order valence-electron chi connectivity index (χ1n) is 5.47. The van der Waals surface area contributed by atoms with Crippen molar-refractivity contribution in [3.63, 3.8) is 0 Å². The fourth-order valence-corrected chi connectivity index (χ4v) is 1.94. The summed E-state index contributed by atoms with van der Waals surface area (Å²) in [7, 11) is 0. The molecule has 20 heavy (non-hydrogen) atoms. The van der Waals surface area contributed by atoms with E-state index in [2.05, 4.69) is 20.6 Å². The lowest BCUT2D eigenvalue weighted by atomic mass is 10.4. The van der Waals surface area contributed by atoms with Crippen molar-refractivity contribution >= 4 is 28.9 Å². The molecule has 2 aromatic rings. The van der Waals surface area contributed by atoms with Crippen molar-refractivity contribution in [2.24, 2.45) is 5.10 Å². The maximum Gasteiger partial charge on any atom is 0.490 e. The van der Waals surface area contributed by atoms with Crippen LogP contribution in [0.5, 0.6) is 0 Å². The molecule has 0 bridgehead atoms. The summed E-state index contributed by atoms with van der Waals surface area (Å²) in [6.07, 6.45) is 1.23. The number of hydrogen-bond acceptors (Lipinski definition) is 7. The number of amides is 1. The number of hydrogen-bond donors (Lipinski definition) is 1. The smallest absolute Gasteiger partial charge is 0.390 e. The maximum absolute atomic E-state index is 11.6. The lowest BCUT2D eigenvalue weighted by Gasteiger charge is -1.99. The lowest BCUT2D eigenvalue weighted by Crippen LogP contribution is -2.19. The second-order valence-electron chi connectivity index (χ2n) is 3.76. The number of nitro groups is 1. The predicted molar refractivity (Wildman–Crippen MR) is 71.6 cm³/mol. The van der Waals surface area contributed by atoms with Crippen molar-refractivity contribution < 1.29 is 9.72 Å². The van der Waals surface area contributed by atoms with Crippen LogP contribution in [0.15, 0.2) is 28.9 Å². The molecule has 0 saturated carbocycles. The standard InChI is InChI=1S/C10H10N6O3S/c1-7(5-15-6-11-10(14-15)16(18)19)12-13-9(17)8-3-2-4-20-8/h2-4,6H,5H2,1H3,(H,13,17)/b12-7-. The number of carbonyl (C=O) groups is 1. The van der Waals surface area contributed by atoms with Gasteiger partial charge in [-0.1, -0.05) is 11.1 Å². The van der Waals surface area contributed by atoms with Crippen molar-refractivity contribution in [3.8, 4) is 0 Å². The SMILES string of the molecule is C/C(Cn1cnc([N+](=O)[O-])n1)=N/NC(=O)c1cccs1. The summed E-state index contributed by atoms with van der Waals surface area (Å²) < 4.78 is 1.27. The maximum atomic E-state index is 11.6. The van der Waals surface area contributed by atoms with Gasteiger partial charge in [-0.3, -0.25) is 4.79 Å². The fourth-order valence-electron chi connectivity index (χ4n) is 1.32. The molecule has 1 N–H and O–H groups in total. The zero-order chi connectivity index (χ0) is 14.5. The summed E-state index contributed by atoms with van der Waals surface area (Å²) in [5.41, 5.74) is 2.94. The van der Waals surface area contributed by atoms with Crippen LogP contribution < -0.4 is 5.43 Å². The highest BCUT2D eigenvalue weighted by atomic mass is 32.1. The highest BCUT2D eigenvalue weighted by Crippen LogP contribution is 2.07. The number of nitrogens with zero attached hydrogens (tertiary/aromatic N) is 5. The van der Waals surface area contributed by atoms with Gasteiger partial charge in [0.2, 0.25) is 6.33 Å². The topological polar surface area (TPSA) is 115 Å². The van der Waals surface area contributed by atoms with Gasteiger partial charge >= 0.3 is 5.95 Å². The molecule has 2 aromatic heterocycles. The zero-order valence-electron chi connectivity index (χ0n) is 10.4. The molecule has 0 aliphatic rings. The van der Waals surface area contributed by atoms with E-state index in [9.17, 15) is 14.9 Å².